The van der Waals surface area contributed by atoms with Gasteiger partial charge in [0.2, 0.25) is 0 Å². The van der Waals surface area contributed by atoms with Gasteiger partial charge in [-0.3, -0.25) is 14.5 Å². The molecule has 2 aliphatic heterocycles. The number of nitrogens with zero attached hydrogens (tertiary/aromatic N) is 4. The number of hydrogen-bond donors (Lipinski definition) is 2. The van der Waals surface area contributed by atoms with E-state index in [4.69, 9.17) is 9.72 Å². The lowest BCUT2D eigenvalue weighted by Crippen LogP contribution is -2.59. The van der Waals surface area contributed by atoms with Gasteiger partial charge >= 0.3 is 6.09 Å². The Kier molecular flexibility index (Phi) is 8.28. The summed E-state index contributed by atoms with van der Waals surface area (Å²) >= 11 is 1.59. The molecule has 1 saturated carbocycles. The molecular weight excluding hydrogens is 682 g/mol. The lowest BCUT2D eigenvalue weighted by Gasteiger charge is -2.45. The second kappa shape index (κ2) is 12.6. The first kappa shape index (κ1) is 34.1. The molecule has 5 heterocycles. The minimum atomic E-state index is -1.35. The van der Waals surface area contributed by atoms with Gasteiger partial charge in [0.25, 0.3) is 11.8 Å². The number of fused-ring (bicyclic) bond motifs is 3. The van der Waals surface area contributed by atoms with Crippen LogP contribution < -0.4 is 10.1 Å². The predicted octanol–water partition coefficient (Wildman–Crippen LogP) is 7.89. The van der Waals surface area contributed by atoms with E-state index in [1.807, 2.05) is 30.3 Å². The molecule has 1 aliphatic carbocycles. The lowest BCUT2D eigenvalue weighted by atomic mass is 9.96. The third kappa shape index (κ3) is 5.96. The van der Waals surface area contributed by atoms with Gasteiger partial charge in [0.15, 0.2) is 0 Å². The number of amides is 3. The number of likely N-dealkylation sites (tertiary alicyclic amines) is 1. The maximum absolute atomic E-state index is 15.2. The molecule has 1 saturated heterocycles. The number of methoxy groups -OCH3 is 1. The van der Waals surface area contributed by atoms with Gasteiger partial charge in [-0.25, -0.2) is 14.2 Å². The molecule has 0 radical (unpaired) electrons. The molecule has 2 fully saturated rings. The van der Waals surface area contributed by atoms with E-state index in [2.05, 4.69) is 28.9 Å². The number of carbonyl (C=O) groups is 3. The highest BCUT2D eigenvalue weighted by atomic mass is 32.1. The van der Waals surface area contributed by atoms with Crippen LogP contribution >= 0.6 is 11.3 Å². The van der Waals surface area contributed by atoms with Crippen molar-refractivity contribution in [2.24, 2.45) is 5.92 Å². The molecule has 3 aromatic heterocycles. The highest BCUT2D eigenvalue weighted by Gasteiger charge is 2.40. The van der Waals surface area contributed by atoms with E-state index in [0.29, 0.717) is 29.3 Å². The molecular formula is C40H42FN5O5S. The Balaban J connectivity index is 1.17. The van der Waals surface area contributed by atoms with Crippen LogP contribution in [-0.2, 0) is 13.1 Å². The van der Waals surface area contributed by atoms with E-state index in [0.717, 1.165) is 60.6 Å². The van der Waals surface area contributed by atoms with Crippen LogP contribution in [0.1, 0.15) is 71.9 Å². The van der Waals surface area contributed by atoms with E-state index in [9.17, 15) is 19.5 Å². The van der Waals surface area contributed by atoms with E-state index < -0.39 is 23.8 Å². The first-order valence-electron chi connectivity index (χ1n) is 17.8. The van der Waals surface area contributed by atoms with Crippen LogP contribution in [0.5, 0.6) is 5.75 Å². The number of carboxylic acid groups (broad SMARTS) is 1. The summed E-state index contributed by atoms with van der Waals surface area (Å²) < 4.78 is 24.3. The Morgan fingerprint density at radius 2 is 1.90 bits per heavy atom. The van der Waals surface area contributed by atoms with Crippen molar-refractivity contribution in [2.75, 3.05) is 20.2 Å². The minimum absolute atomic E-state index is 0.0419. The normalized spacial score (nSPS) is 18.9. The number of ether oxygens (including phenoxy) is 1. The summed E-state index contributed by atoms with van der Waals surface area (Å²) in [7, 11) is 1.59. The number of thiophene rings is 1. The molecule has 270 valence electrons. The van der Waals surface area contributed by atoms with Crippen molar-refractivity contribution in [1.29, 1.82) is 0 Å². The number of rotatable bonds is 7. The molecule has 0 bridgehead atoms. The minimum Gasteiger partial charge on any atom is -0.496 e. The fraction of sp³-hybridized carbons (Fsp3) is 0.400. The van der Waals surface area contributed by atoms with Crippen LogP contribution in [0.4, 0.5) is 9.18 Å². The van der Waals surface area contributed by atoms with Gasteiger partial charge in [0, 0.05) is 63.8 Å². The van der Waals surface area contributed by atoms with Gasteiger partial charge in [0.1, 0.15) is 17.6 Å². The van der Waals surface area contributed by atoms with Crippen molar-refractivity contribution >= 4 is 50.4 Å². The Morgan fingerprint density at radius 1 is 1.12 bits per heavy atom. The fourth-order valence-corrected chi connectivity index (χ4v) is 9.31. The summed E-state index contributed by atoms with van der Waals surface area (Å²) in [4.78, 5) is 47.4. The van der Waals surface area contributed by atoms with E-state index in [1.165, 1.54) is 22.6 Å². The number of piperidine rings is 1. The molecule has 12 heteroatoms. The average Bonchev–Trinajstić information content (AvgIpc) is 3.62. The number of hydrogen-bond acceptors (Lipinski definition) is 6. The van der Waals surface area contributed by atoms with Crippen LogP contribution in [-0.4, -0.2) is 80.3 Å². The topological polar surface area (TPSA) is 117 Å². The number of benzene rings is 2. The zero-order valence-electron chi connectivity index (χ0n) is 30.0. The molecule has 2 atom stereocenters. The van der Waals surface area contributed by atoms with Crippen molar-refractivity contribution in [1.82, 2.24) is 24.7 Å². The van der Waals surface area contributed by atoms with E-state index in [-0.39, 0.29) is 31.3 Å². The molecule has 0 spiro atoms. The summed E-state index contributed by atoms with van der Waals surface area (Å²) in [5.41, 5.74) is 6.11. The first-order chi connectivity index (χ1) is 24.8. The van der Waals surface area contributed by atoms with Crippen molar-refractivity contribution in [3.8, 4) is 27.6 Å². The van der Waals surface area contributed by atoms with Gasteiger partial charge in [-0.2, -0.15) is 0 Å². The summed E-state index contributed by atoms with van der Waals surface area (Å²) in [5.74, 6) is 0.735. The number of aryl methyl sites for hydroxylation is 1. The highest BCUT2D eigenvalue weighted by molar-refractivity contribution is 7.22. The van der Waals surface area contributed by atoms with Crippen molar-refractivity contribution < 1.29 is 28.6 Å². The summed E-state index contributed by atoms with van der Waals surface area (Å²) in [6.45, 7) is 8.78. The Bertz CT molecular complexity index is 2290. The molecule has 2 aromatic carbocycles. The van der Waals surface area contributed by atoms with Crippen LogP contribution in [0.25, 0.3) is 42.9 Å². The SMILES string of the molecule is COc1cc(C(=O)N2C[C@H](F)C[C@@H](N(C(=O)O)C(C)(C)C)C2)cc2sc(-c3cc4ccc(-c5ccc6c(c5)CNC6=O)nc4n3CC3CC3)c(C)c12. The zero-order valence-corrected chi connectivity index (χ0v) is 30.8. The second-order valence-corrected chi connectivity index (χ2v) is 16.4. The smallest absolute Gasteiger partial charge is 0.408 e. The maximum Gasteiger partial charge on any atom is 0.408 e. The molecule has 3 aliphatic rings. The van der Waals surface area contributed by atoms with Gasteiger partial charge in [-0.15, -0.1) is 11.3 Å². The second-order valence-electron chi connectivity index (χ2n) is 15.4. The van der Waals surface area contributed by atoms with Crippen molar-refractivity contribution in [3.05, 3.63) is 70.8 Å². The maximum atomic E-state index is 15.2. The lowest BCUT2D eigenvalue weighted by molar-refractivity contribution is 0.0126. The van der Waals surface area contributed by atoms with Gasteiger partial charge < -0.3 is 24.6 Å². The van der Waals surface area contributed by atoms with Gasteiger partial charge in [-0.1, -0.05) is 6.07 Å². The number of carbonyl (C=O) groups excluding carboxylic acids is 2. The third-order valence-corrected chi connectivity index (χ3v) is 11.9. The Morgan fingerprint density at radius 3 is 2.62 bits per heavy atom. The van der Waals surface area contributed by atoms with Crippen molar-refractivity contribution in [2.45, 2.75) is 77.8 Å². The quantitative estimate of drug-likeness (QED) is 0.177. The number of nitrogens with one attached hydrogen (secondary N) is 1. The number of alkyl halides is 1. The monoisotopic (exact) mass is 723 g/mol. The van der Waals surface area contributed by atoms with E-state index in [1.54, 1.807) is 45.3 Å². The molecule has 3 amide bonds. The standard InChI is InChI=1S/C40H42FN5O5S/c1-21-34-32(51-5)14-25(38(48)44-19-27(41)16-28(20-44)46(39(49)50)40(2,3)4)15-33(34)52-35(21)31-13-24-9-11-30(43-36(24)45(31)18-22-6-7-22)23-8-10-29-26(12-23)17-42-37(29)47/h8-15,22,27-28H,6-7,16-20H2,1-5H3,(H,42,47)(H,49,50)/t27-,28-/m1/s1. The van der Waals surface area contributed by atoms with Crippen LogP contribution in [0, 0.1) is 12.8 Å². The molecule has 2 N–H and O–H groups in total. The van der Waals surface area contributed by atoms with Crippen LogP contribution in [0.15, 0.2) is 48.5 Å². The molecule has 52 heavy (non-hydrogen) atoms. The molecule has 0 unspecified atom stereocenters. The molecule has 5 aromatic rings. The largest absolute Gasteiger partial charge is 0.496 e. The number of aromatic nitrogens is 2. The van der Waals surface area contributed by atoms with Crippen molar-refractivity contribution in [3.63, 3.8) is 0 Å². The third-order valence-electron chi connectivity index (χ3n) is 10.6. The number of halogens is 1. The average molecular weight is 724 g/mol. The summed E-state index contributed by atoms with van der Waals surface area (Å²) in [6, 6.07) is 15.1. The number of pyridine rings is 1. The van der Waals surface area contributed by atoms with Gasteiger partial charge in [0.05, 0.1) is 36.0 Å². The summed E-state index contributed by atoms with van der Waals surface area (Å²) in [6.07, 6.45) is -0.0915. The highest BCUT2D eigenvalue weighted by Crippen LogP contribution is 2.46. The summed E-state index contributed by atoms with van der Waals surface area (Å²) in [5, 5.41) is 14.8. The molecule has 10 nitrogen and oxygen atoms in total. The first-order valence-corrected chi connectivity index (χ1v) is 18.6. The zero-order chi connectivity index (χ0) is 36.6. The fourth-order valence-electron chi connectivity index (χ4n) is 8.02. The molecule has 8 rings (SSSR count). The Labute approximate surface area is 305 Å². The van der Waals surface area contributed by atoms with Crippen LogP contribution in [0.2, 0.25) is 0 Å². The van der Waals surface area contributed by atoms with Crippen LogP contribution in [0.3, 0.4) is 0 Å². The Hall–Kier alpha value is -4.97. The van der Waals surface area contributed by atoms with E-state index >= 15 is 4.39 Å². The van der Waals surface area contributed by atoms with Gasteiger partial charge in [-0.05, 0) is 100 Å². The predicted molar refractivity (Wildman–Crippen MR) is 200 cm³/mol.